The molecule has 0 heterocycles. The van der Waals surface area contributed by atoms with E-state index in [0.29, 0.717) is 19.5 Å². The summed E-state index contributed by atoms with van der Waals surface area (Å²) in [5, 5.41) is 6.18. The van der Waals surface area contributed by atoms with Crippen LogP contribution in [0.1, 0.15) is 18.4 Å². The Morgan fingerprint density at radius 2 is 1.74 bits per heavy atom. The first kappa shape index (κ1) is 16.9. The molecule has 2 rings (SSSR count). The van der Waals surface area contributed by atoms with Crippen LogP contribution in [0.5, 0.6) is 5.75 Å². The second-order valence-corrected chi connectivity index (χ2v) is 5.32. The van der Waals surface area contributed by atoms with Gasteiger partial charge in [-0.25, -0.2) is 0 Å². The van der Waals surface area contributed by atoms with E-state index in [2.05, 4.69) is 22.8 Å². The van der Waals surface area contributed by atoms with E-state index in [-0.39, 0.29) is 5.91 Å². The van der Waals surface area contributed by atoms with Gasteiger partial charge in [-0.2, -0.15) is 0 Å². The molecule has 2 aromatic carbocycles. The van der Waals surface area contributed by atoms with Crippen molar-refractivity contribution in [2.24, 2.45) is 0 Å². The van der Waals surface area contributed by atoms with Gasteiger partial charge in [0.2, 0.25) is 5.91 Å². The van der Waals surface area contributed by atoms with Gasteiger partial charge in [0.1, 0.15) is 5.75 Å². The van der Waals surface area contributed by atoms with Gasteiger partial charge in [-0.3, -0.25) is 4.79 Å². The normalized spacial score (nSPS) is 10.1. The van der Waals surface area contributed by atoms with E-state index in [0.717, 1.165) is 24.3 Å². The van der Waals surface area contributed by atoms with Gasteiger partial charge >= 0.3 is 0 Å². The van der Waals surface area contributed by atoms with Crippen LogP contribution in [0, 0.1) is 0 Å². The first-order valence-corrected chi connectivity index (χ1v) is 7.97. The zero-order valence-corrected chi connectivity index (χ0v) is 13.5. The van der Waals surface area contributed by atoms with Gasteiger partial charge in [0, 0.05) is 19.5 Å². The first-order chi connectivity index (χ1) is 11.3. The molecule has 4 nitrogen and oxygen atoms in total. The minimum Gasteiger partial charge on any atom is -0.495 e. The number of amides is 1. The SMILES string of the molecule is COc1ccccc1NCCC(=O)NCCCc1ccccc1. The number of hydrogen-bond acceptors (Lipinski definition) is 3. The number of ether oxygens (including phenoxy) is 1. The van der Waals surface area contributed by atoms with E-state index in [1.54, 1.807) is 7.11 Å². The van der Waals surface area contributed by atoms with Crippen LogP contribution in [0.4, 0.5) is 5.69 Å². The van der Waals surface area contributed by atoms with Gasteiger partial charge < -0.3 is 15.4 Å². The molecule has 0 bridgehead atoms. The third-order valence-corrected chi connectivity index (χ3v) is 3.58. The Kier molecular flexibility index (Phi) is 6.98. The summed E-state index contributed by atoms with van der Waals surface area (Å²) in [6.07, 6.45) is 2.39. The molecule has 23 heavy (non-hydrogen) atoms. The lowest BCUT2D eigenvalue weighted by Crippen LogP contribution is -2.26. The largest absolute Gasteiger partial charge is 0.495 e. The van der Waals surface area contributed by atoms with Crippen molar-refractivity contribution in [2.75, 3.05) is 25.5 Å². The number of methoxy groups -OCH3 is 1. The van der Waals surface area contributed by atoms with E-state index < -0.39 is 0 Å². The summed E-state index contributed by atoms with van der Waals surface area (Å²) in [6.45, 7) is 1.30. The van der Waals surface area contributed by atoms with Crippen molar-refractivity contribution < 1.29 is 9.53 Å². The molecule has 0 atom stereocenters. The number of carbonyl (C=O) groups excluding carboxylic acids is 1. The lowest BCUT2D eigenvalue weighted by Gasteiger charge is -2.11. The molecule has 0 radical (unpaired) electrons. The summed E-state index contributed by atoms with van der Waals surface area (Å²) in [5.41, 5.74) is 2.21. The number of nitrogens with one attached hydrogen (secondary N) is 2. The third-order valence-electron chi connectivity index (χ3n) is 3.58. The quantitative estimate of drug-likeness (QED) is 0.699. The summed E-state index contributed by atoms with van der Waals surface area (Å²) in [6, 6.07) is 18.0. The molecule has 2 aromatic rings. The Labute approximate surface area is 137 Å². The minimum absolute atomic E-state index is 0.0699. The number of rotatable bonds is 9. The van der Waals surface area contributed by atoms with E-state index in [9.17, 15) is 4.79 Å². The highest BCUT2D eigenvalue weighted by Crippen LogP contribution is 2.22. The van der Waals surface area contributed by atoms with Crippen LogP contribution in [-0.4, -0.2) is 26.1 Å². The summed E-state index contributed by atoms with van der Waals surface area (Å²) < 4.78 is 5.26. The number of aryl methyl sites for hydroxylation is 1. The fourth-order valence-electron chi connectivity index (χ4n) is 2.35. The van der Waals surface area contributed by atoms with Crippen LogP contribution < -0.4 is 15.4 Å². The highest BCUT2D eigenvalue weighted by atomic mass is 16.5. The standard InChI is InChI=1S/C19H24N2O2/c1-23-18-12-6-5-11-17(18)20-15-13-19(22)21-14-7-10-16-8-3-2-4-9-16/h2-6,8-9,11-12,20H,7,10,13-15H2,1H3,(H,21,22). The number of benzene rings is 2. The Hall–Kier alpha value is -2.49. The first-order valence-electron chi connectivity index (χ1n) is 7.97. The monoisotopic (exact) mass is 312 g/mol. The molecule has 0 saturated heterocycles. The van der Waals surface area contributed by atoms with Gasteiger partial charge in [-0.05, 0) is 30.5 Å². The predicted molar refractivity (Wildman–Crippen MR) is 93.9 cm³/mol. The Bertz CT molecular complexity index is 599. The zero-order chi connectivity index (χ0) is 16.3. The summed E-state index contributed by atoms with van der Waals surface area (Å²) >= 11 is 0. The fraction of sp³-hybridized carbons (Fsp3) is 0.316. The van der Waals surface area contributed by atoms with E-state index in [1.807, 2.05) is 42.5 Å². The molecule has 0 unspecified atom stereocenters. The van der Waals surface area contributed by atoms with Crippen LogP contribution in [-0.2, 0) is 11.2 Å². The van der Waals surface area contributed by atoms with Crippen molar-refractivity contribution >= 4 is 11.6 Å². The van der Waals surface area contributed by atoms with Gasteiger partial charge in [-0.15, -0.1) is 0 Å². The molecule has 1 amide bonds. The fourth-order valence-corrected chi connectivity index (χ4v) is 2.35. The summed E-state index contributed by atoms with van der Waals surface area (Å²) in [5.74, 6) is 0.858. The lowest BCUT2D eigenvalue weighted by atomic mass is 10.1. The molecule has 0 spiro atoms. The third kappa shape index (κ3) is 6.02. The second kappa shape index (κ2) is 9.51. The van der Waals surface area contributed by atoms with Crippen molar-refractivity contribution in [1.82, 2.24) is 5.32 Å². The average Bonchev–Trinajstić information content (AvgIpc) is 2.60. The molecule has 0 aliphatic heterocycles. The molecule has 4 heteroatoms. The number of anilines is 1. The highest BCUT2D eigenvalue weighted by Gasteiger charge is 2.03. The number of para-hydroxylation sites is 2. The van der Waals surface area contributed by atoms with E-state index in [1.165, 1.54) is 5.56 Å². The number of hydrogen-bond donors (Lipinski definition) is 2. The van der Waals surface area contributed by atoms with Gasteiger partial charge in [0.05, 0.1) is 12.8 Å². The lowest BCUT2D eigenvalue weighted by molar-refractivity contribution is -0.120. The highest BCUT2D eigenvalue weighted by molar-refractivity contribution is 5.76. The van der Waals surface area contributed by atoms with Crippen LogP contribution >= 0.6 is 0 Å². The van der Waals surface area contributed by atoms with Crippen molar-refractivity contribution in [3.63, 3.8) is 0 Å². The Balaban J connectivity index is 1.60. The molecule has 0 saturated carbocycles. The minimum atomic E-state index is 0.0699. The number of carbonyl (C=O) groups is 1. The van der Waals surface area contributed by atoms with Crippen LogP contribution in [0.15, 0.2) is 54.6 Å². The van der Waals surface area contributed by atoms with Gasteiger partial charge in [-0.1, -0.05) is 42.5 Å². The molecule has 0 aromatic heterocycles. The maximum atomic E-state index is 11.8. The predicted octanol–water partition coefficient (Wildman–Crippen LogP) is 3.25. The molecule has 2 N–H and O–H groups in total. The molecule has 0 aliphatic rings. The van der Waals surface area contributed by atoms with Crippen LogP contribution in [0.2, 0.25) is 0 Å². The molecule has 122 valence electrons. The molecular weight excluding hydrogens is 288 g/mol. The van der Waals surface area contributed by atoms with Crippen LogP contribution in [0.25, 0.3) is 0 Å². The Morgan fingerprint density at radius 3 is 2.52 bits per heavy atom. The van der Waals surface area contributed by atoms with Crippen LogP contribution in [0.3, 0.4) is 0 Å². The van der Waals surface area contributed by atoms with Crippen molar-refractivity contribution in [1.29, 1.82) is 0 Å². The maximum Gasteiger partial charge on any atom is 0.221 e. The summed E-state index contributed by atoms with van der Waals surface area (Å²) in [7, 11) is 1.64. The molecule has 0 fully saturated rings. The van der Waals surface area contributed by atoms with Gasteiger partial charge in [0.25, 0.3) is 0 Å². The smallest absolute Gasteiger partial charge is 0.221 e. The van der Waals surface area contributed by atoms with E-state index >= 15 is 0 Å². The molecular formula is C19H24N2O2. The molecule has 0 aliphatic carbocycles. The van der Waals surface area contributed by atoms with E-state index in [4.69, 9.17) is 4.74 Å². The van der Waals surface area contributed by atoms with Gasteiger partial charge in [0.15, 0.2) is 0 Å². The average molecular weight is 312 g/mol. The topological polar surface area (TPSA) is 50.4 Å². The van der Waals surface area contributed by atoms with Crippen molar-refractivity contribution in [3.05, 3.63) is 60.2 Å². The van der Waals surface area contributed by atoms with Crippen molar-refractivity contribution in [2.45, 2.75) is 19.3 Å². The van der Waals surface area contributed by atoms with Crippen molar-refractivity contribution in [3.8, 4) is 5.75 Å². The second-order valence-electron chi connectivity index (χ2n) is 5.32. The summed E-state index contributed by atoms with van der Waals surface area (Å²) in [4.78, 5) is 11.8. The zero-order valence-electron chi connectivity index (χ0n) is 13.5. The Morgan fingerprint density at radius 1 is 1.00 bits per heavy atom. The maximum absolute atomic E-state index is 11.8.